The van der Waals surface area contributed by atoms with Crippen LogP contribution in [0.25, 0.3) is 0 Å². The molecule has 0 spiro atoms. The molecule has 1 aromatic carbocycles. The van der Waals surface area contributed by atoms with Crippen molar-refractivity contribution in [2.75, 3.05) is 16.6 Å². The number of nitrogens with zero attached hydrogens (tertiary/aromatic N) is 4. The Bertz CT molecular complexity index is 846. The van der Waals surface area contributed by atoms with Gasteiger partial charge in [-0.15, -0.1) is 0 Å². The Hall–Kier alpha value is -2.38. The molecule has 112 valence electrons. The zero-order valence-electron chi connectivity index (χ0n) is 11.7. The molecule has 2 aliphatic heterocycles. The SMILES string of the molecule is Cc1nc(=O)n2c3c1C(=O)N(c1ccc(Cl)cc1)CN3NC2. The fraction of sp³-hybridized carbons (Fsp3) is 0.214. The van der Waals surface area contributed by atoms with Crippen LogP contribution in [0.2, 0.25) is 5.02 Å². The zero-order valence-corrected chi connectivity index (χ0v) is 12.5. The van der Waals surface area contributed by atoms with E-state index < -0.39 is 0 Å². The summed E-state index contributed by atoms with van der Waals surface area (Å²) >= 11 is 5.90. The molecule has 2 aromatic rings. The number of nitrogens with one attached hydrogen (secondary N) is 1. The molecule has 0 saturated heterocycles. The second-order valence-electron chi connectivity index (χ2n) is 5.20. The standard InChI is InChI=1S/C14H12ClN5O2/c1-8-11-12-18(14(22)17-8)6-16-20(12)7-19(13(11)21)10-4-2-9(15)3-5-10/h2-5,16H,6-7H2,1H3. The van der Waals surface area contributed by atoms with Gasteiger partial charge in [-0.1, -0.05) is 11.6 Å². The molecule has 7 nitrogen and oxygen atoms in total. The Morgan fingerprint density at radius 1 is 1.23 bits per heavy atom. The molecule has 8 heteroatoms. The normalized spacial score (nSPS) is 16.2. The number of benzene rings is 1. The smallest absolute Gasteiger partial charge is 0.289 e. The third-order valence-corrected chi connectivity index (χ3v) is 4.14. The van der Waals surface area contributed by atoms with E-state index in [1.807, 2.05) is 0 Å². The van der Waals surface area contributed by atoms with E-state index in [-0.39, 0.29) is 11.6 Å². The highest BCUT2D eigenvalue weighted by Crippen LogP contribution is 2.32. The number of hydrogen-bond acceptors (Lipinski definition) is 5. The number of rotatable bonds is 1. The molecule has 3 heterocycles. The quantitative estimate of drug-likeness (QED) is 0.853. The summed E-state index contributed by atoms with van der Waals surface area (Å²) in [6, 6.07) is 7.06. The number of aryl methyl sites for hydroxylation is 1. The topological polar surface area (TPSA) is 70.5 Å². The van der Waals surface area contributed by atoms with E-state index in [0.29, 0.717) is 35.4 Å². The van der Waals surface area contributed by atoms with Gasteiger partial charge >= 0.3 is 5.69 Å². The Kier molecular flexibility index (Phi) is 2.75. The van der Waals surface area contributed by atoms with Crippen LogP contribution in [0, 0.1) is 6.92 Å². The van der Waals surface area contributed by atoms with Gasteiger partial charge in [0.15, 0.2) is 0 Å². The van der Waals surface area contributed by atoms with Crippen LogP contribution in [0.1, 0.15) is 16.1 Å². The van der Waals surface area contributed by atoms with Crippen molar-refractivity contribution in [1.29, 1.82) is 0 Å². The number of carbonyl (C=O) groups excluding carboxylic acids is 1. The van der Waals surface area contributed by atoms with E-state index in [9.17, 15) is 9.59 Å². The molecule has 0 aliphatic carbocycles. The summed E-state index contributed by atoms with van der Waals surface area (Å²) in [7, 11) is 0. The molecule has 0 radical (unpaired) electrons. The minimum Gasteiger partial charge on any atom is -0.289 e. The first-order valence-electron chi connectivity index (χ1n) is 6.76. The van der Waals surface area contributed by atoms with Crippen LogP contribution in [0.3, 0.4) is 0 Å². The van der Waals surface area contributed by atoms with Crippen LogP contribution in [-0.4, -0.2) is 22.1 Å². The predicted octanol–water partition coefficient (Wildman–Crippen LogP) is 1.11. The Labute approximate surface area is 130 Å². The van der Waals surface area contributed by atoms with Gasteiger partial charge in [0.2, 0.25) is 0 Å². The predicted molar refractivity (Wildman–Crippen MR) is 82.0 cm³/mol. The van der Waals surface area contributed by atoms with Crippen molar-refractivity contribution in [3.63, 3.8) is 0 Å². The molecule has 1 aromatic heterocycles. The largest absolute Gasteiger partial charge is 0.350 e. The minimum absolute atomic E-state index is 0.170. The van der Waals surface area contributed by atoms with Gasteiger partial charge < -0.3 is 0 Å². The second-order valence-corrected chi connectivity index (χ2v) is 5.64. The van der Waals surface area contributed by atoms with Gasteiger partial charge in [0.05, 0.1) is 12.4 Å². The maximum atomic E-state index is 12.8. The van der Waals surface area contributed by atoms with Crippen LogP contribution >= 0.6 is 11.6 Å². The monoisotopic (exact) mass is 317 g/mol. The fourth-order valence-electron chi connectivity index (χ4n) is 2.83. The summed E-state index contributed by atoms with van der Waals surface area (Å²) in [5.41, 5.74) is 4.38. The lowest BCUT2D eigenvalue weighted by molar-refractivity contribution is 0.0980. The van der Waals surface area contributed by atoms with Gasteiger partial charge in [-0.05, 0) is 31.2 Å². The van der Waals surface area contributed by atoms with Crippen LogP contribution < -0.4 is 21.0 Å². The van der Waals surface area contributed by atoms with Gasteiger partial charge in [0.1, 0.15) is 18.1 Å². The highest BCUT2D eigenvalue weighted by molar-refractivity contribution is 6.30. The molecular weight excluding hydrogens is 306 g/mol. The highest BCUT2D eigenvalue weighted by Gasteiger charge is 2.37. The lowest BCUT2D eigenvalue weighted by Gasteiger charge is -2.34. The lowest BCUT2D eigenvalue weighted by Crippen LogP contribution is -2.50. The number of carbonyl (C=O) groups is 1. The van der Waals surface area contributed by atoms with Gasteiger partial charge in [0.25, 0.3) is 5.91 Å². The number of amides is 1. The number of halogens is 1. The summed E-state index contributed by atoms with van der Waals surface area (Å²) < 4.78 is 1.47. The Balaban J connectivity index is 1.87. The van der Waals surface area contributed by atoms with Gasteiger partial charge in [-0.25, -0.2) is 10.2 Å². The summed E-state index contributed by atoms with van der Waals surface area (Å²) in [5, 5.41) is 2.40. The first-order chi connectivity index (χ1) is 10.6. The van der Waals surface area contributed by atoms with Crippen LogP contribution in [0.15, 0.2) is 29.1 Å². The minimum atomic E-state index is -0.348. The highest BCUT2D eigenvalue weighted by atomic mass is 35.5. The molecule has 1 N–H and O–H groups in total. The summed E-state index contributed by atoms with van der Waals surface area (Å²) in [6.45, 7) is 2.31. The third kappa shape index (κ3) is 1.76. The van der Waals surface area contributed by atoms with Gasteiger partial charge in [0, 0.05) is 10.7 Å². The summed E-state index contributed by atoms with van der Waals surface area (Å²) in [5.74, 6) is 0.420. The molecule has 4 rings (SSSR count). The number of hydrogen-bond donors (Lipinski definition) is 1. The molecular formula is C14H12ClN5O2. The first-order valence-corrected chi connectivity index (χ1v) is 7.14. The molecule has 0 fully saturated rings. The average Bonchev–Trinajstić information content (AvgIpc) is 2.90. The molecule has 0 atom stereocenters. The number of aromatic nitrogens is 2. The molecule has 2 aliphatic rings. The van der Waals surface area contributed by atoms with Crippen molar-refractivity contribution >= 4 is 29.0 Å². The number of hydrazine groups is 1. The van der Waals surface area contributed by atoms with Crippen molar-refractivity contribution in [2.45, 2.75) is 13.6 Å². The van der Waals surface area contributed by atoms with Crippen molar-refractivity contribution in [1.82, 2.24) is 15.0 Å². The lowest BCUT2D eigenvalue weighted by atomic mass is 10.1. The van der Waals surface area contributed by atoms with E-state index in [4.69, 9.17) is 11.6 Å². The average molecular weight is 318 g/mol. The van der Waals surface area contributed by atoms with Crippen molar-refractivity contribution in [3.05, 3.63) is 51.0 Å². The zero-order chi connectivity index (χ0) is 15.4. The molecule has 0 saturated carbocycles. The van der Waals surface area contributed by atoms with E-state index in [0.717, 1.165) is 5.69 Å². The van der Waals surface area contributed by atoms with Crippen LogP contribution in [-0.2, 0) is 6.67 Å². The summed E-state index contributed by atoms with van der Waals surface area (Å²) in [6.07, 6.45) is 0. The first kappa shape index (κ1) is 13.3. The van der Waals surface area contributed by atoms with E-state index in [1.54, 1.807) is 41.1 Å². The van der Waals surface area contributed by atoms with Crippen LogP contribution in [0.4, 0.5) is 11.5 Å². The molecule has 1 amide bonds. The van der Waals surface area contributed by atoms with Crippen molar-refractivity contribution < 1.29 is 4.79 Å². The second kappa shape index (κ2) is 4.56. The third-order valence-electron chi connectivity index (χ3n) is 3.89. The molecule has 22 heavy (non-hydrogen) atoms. The Morgan fingerprint density at radius 2 is 1.95 bits per heavy atom. The number of anilines is 2. The molecule has 0 bridgehead atoms. The van der Waals surface area contributed by atoms with Crippen molar-refractivity contribution in [2.24, 2.45) is 0 Å². The fourth-order valence-corrected chi connectivity index (χ4v) is 2.96. The van der Waals surface area contributed by atoms with E-state index in [1.165, 1.54) is 4.57 Å². The summed E-state index contributed by atoms with van der Waals surface area (Å²) in [4.78, 5) is 30.3. The van der Waals surface area contributed by atoms with E-state index in [2.05, 4.69) is 10.4 Å². The maximum absolute atomic E-state index is 12.8. The maximum Gasteiger partial charge on any atom is 0.350 e. The van der Waals surface area contributed by atoms with Crippen LogP contribution in [0.5, 0.6) is 0 Å². The van der Waals surface area contributed by atoms with E-state index >= 15 is 0 Å². The Morgan fingerprint density at radius 3 is 2.68 bits per heavy atom. The van der Waals surface area contributed by atoms with Gasteiger partial charge in [-0.3, -0.25) is 19.3 Å². The molecule has 0 unspecified atom stereocenters. The van der Waals surface area contributed by atoms with Gasteiger partial charge in [-0.2, -0.15) is 4.98 Å². The van der Waals surface area contributed by atoms with Crippen molar-refractivity contribution in [3.8, 4) is 0 Å².